The van der Waals surface area contributed by atoms with E-state index in [1.165, 1.54) is 39.3 Å². The minimum absolute atomic E-state index is 0.0458. The van der Waals surface area contributed by atoms with Crippen molar-refractivity contribution in [1.82, 2.24) is 4.57 Å². The zero-order valence-corrected chi connectivity index (χ0v) is 18.7. The van der Waals surface area contributed by atoms with Crippen molar-refractivity contribution in [3.05, 3.63) is 90.7 Å². The Bertz CT molecular complexity index is 1390. The minimum atomic E-state index is -0.862. The first-order valence-electron chi connectivity index (χ1n) is 10.1. The van der Waals surface area contributed by atoms with E-state index in [4.69, 9.17) is 9.47 Å². The van der Waals surface area contributed by atoms with Crippen LogP contribution in [0, 0.1) is 28.4 Å². The molecule has 3 aromatic rings. The maximum Gasteiger partial charge on any atom is 0.280 e. The van der Waals surface area contributed by atoms with Crippen LogP contribution in [0.25, 0.3) is 0 Å². The molecule has 1 aromatic heterocycles. The van der Waals surface area contributed by atoms with Crippen molar-refractivity contribution < 1.29 is 24.3 Å². The van der Waals surface area contributed by atoms with Crippen LogP contribution in [-0.2, 0) is 13.0 Å². The number of carbonyl (C=O) groups is 1. The molecule has 0 saturated carbocycles. The van der Waals surface area contributed by atoms with Crippen LogP contribution in [0.3, 0.4) is 0 Å². The number of methoxy groups -OCH3 is 2. The number of aromatic hydroxyl groups is 1. The van der Waals surface area contributed by atoms with Gasteiger partial charge in [0.1, 0.15) is 17.2 Å². The van der Waals surface area contributed by atoms with Gasteiger partial charge in [-0.15, -0.1) is 0 Å². The first kappa shape index (κ1) is 24.0. The van der Waals surface area contributed by atoms with Crippen molar-refractivity contribution in [2.24, 2.45) is 0 Å². The average molecular weight is 463 g/mol. The number of aryl methyl sites for hydroxylation is 1. The van der Waals surface area contributed by atoms with Crippen LogP contribution in [0.4, 0.5) is 5.69 Å². The summed E-state index contributed by atoms with van der Waals surface area (Å²) < 4.78 is 11.4. The molecule has 0 aliphatic rings. The predicted molar refractivity (Wildman–Crippen MR) is 122 cm³/mol. The maximum absolute atomic E-state index is 13.3. The highest BCUT2D eigenvalue weighted by Crippen LogP contribution is 2.30. The number of pyridine rings is 1. The number of carbonyl (C=O) groups excluding carboxylic acids is 1. The third-order valence-corrected chi connectivity index (χ3v) is 5.44. The number of aromatic nitrogens is 1. The van der Waals surface area contributed by atoms with Gasteiger partial charge in [-0.2, -0.15) is 5.26 Å². The zero-order valence-electron chi connectivity index (χ0n) is 18.7. The fourth-order valence-corrected chi connectivity index (χ4v) is 3.67. The van der Waals surface area contributed by atoms with E-state index in [-0.39, 0.29) is 35.2 Å². The first-order valence-corrected chi connectivity index (χ1v) is 10.1. The number of ketones is 1. The number of rotatable bonds is 8. The molecular weight excluding hydrogens is 442 g/mol. The lowest BCUT2D eigenvalue weighted by Crippen LogP contribution is -2.27. The topological polar surface area (TPSA) is 145 Å². The summed E-state index contributed by atoms with van der Waals surface area (Å²) >= 11 is 0. The summed E-state index contributed by atoms with van der Waals surface area (Å²) in [5.41, 5.74) is -1.44. The Morgan fingerprint density at radius 2 is 1.85 bits per heavy atom. The molecular formula is C24H21N3O7. The number of ether oxygens (including phenoxy) is 2. The van der Waals surface area contributed by atoms with Gasteiger partial charge >= 0.3 is 0 Å². The smallest absolute Gasteiger partial charge is 0.280 e. The van der Waals surface area contributed by atoms with Crippen molar-refractivity contribution >= 4 is 11.5 Å². The zero-order chi connectivity index (χ0) is 25.0. The average Bonchev–Trinajstić information content (AvgIpc) is 2.83. The molecule has 0 radical (unpaired) electrons. The van der Waals surface area contributed by atoms with E-state index < -0.39 is 27.8 Å². The van der Waals surface area contributed by atoms with Crippen LogP contribution in [0.15, 0.2) is 47.3 Å². The van der Waals surface area contributed by atoms with Crippen molar-refractivity contribution in [1.29, 1.82) is 5.26 Å². The summed E-state index contributed by atoms with van der Waals surface area (Å²) in [6.45, 7) is 1.28. The highest BCUT2D eigenvalue weighted by molar-refractivity contribution is 6.13. The molecule has 0 aliphatic heterocycles. The number of benzene rings is 2. The number of nitro benzene ring substituents is 1. The largest absolute Gasteiger partial charge is 0.494 e. The molecule has 0 unspecified atom stereocenters. The van der Waals surface area contributed by atoms with E-state index in [1.807, 2.05) is 0 Å². The Morgan fingerprint density at radius 3 is 2.47 bits per heavy atom. The van der Waals surface area contributed by atoms with E-state index in [0.29, 0.717) is 11.5 Å². The number of nitro groups is 1. The molecule has 0 atom stereocenters. The Hall–Kier alpha value is -4.65. The number of hydrogen-bond donors (Lipinski definition) is 1. The van der Waals surface area contributed by atoms with E-state index in [9.17, 15) is 30.1 Å². The van der Waals surface area contributed by atoms with Crippen LogP contribution in [-0.4, -0.2) is 34.6 Å². The number of nitriles is 1. The molecule has 1 N–H and O–H groups in total. The van der Waals surface area contributed by atoms with Crippen molar-refractivity contribution in [2.45, 2.75) is 19.9 Å². The van der Waals surface area contributed by atoms with Gasteiger partial charge in [-0.05, 0) is 42.7 Å². The van der Waals surface area contributed by atoms with Gasteiger partial charge in [0.15, 0.2) is 11.5 Å². The first-order chi connectivity index (χ1) is 16.2. The molecule has 3 rings (SSSR count). The summed E-state index contributed by atoms with van der Waals surface area (Å²) in [4.78, 5) is 36.8. The molecule has 10 nitrogen and oxygen atoms in total. The van der Waals surface area contributed by atoms with E-state index in [1.54, 1.807) is 24.3 Å². The third-order valence-electron chi connectivity index (χ3n) is 5.44. The Kier molecular flexibility index (Phi) is 6.97. The summed E-state index contributed by atoms with van der Waals surface area (Å²) in [5.74, 6) is -0.528. The molecule has 10 heteroatoms. The summed E-state index contributed by atoms with van der Waals surface area (Å²) in [6.07, 6.45) is 0.251. The standard InChI is InChI=1S/C24H21N3O7/c1-14-17(13-25)23(29)26(11-10-15-8-9-19(33-2)20(12-15)34-3)24(30)21(14)22(28)16-6-4-5-7-18(16)27(31)32/h4-9,12,30H,10-11H2,1-3H3. The quantitative estimate of drug-likeness (QED) is 0.305. The lowest BCUT2D eigenvalue weighted by atomic mass is 9.96. The Labute approximate surface area is 194 Å². The monoisotopic (exact) mass is 463 g/mol. The van der Waals surface area contributed by atoms with Gasteiger partial charge in [-0.25, -0.2) is 0 Å². The van der Waals surface area contributed by atoms with Crippen LogP contribution < -0.4 is 15.0 Å². The predicted octanol–water partition coefficient (Wildman–Crippen LogP) is 3.13. The fourth-order valence-electron chi connectivity index (χ4n) is 3.67. The van der Waals surface area contributed by atoms with Crippen molar-refractivity contribution in [3.8, 4) is 23.4 Å². The summed E-state index contributed by atoms with van der Waals surface area (Å²) in [5, 5.41) is 31.9. The third kappa shape index (κ3) is 4.31. The lowest BCUT2D eigenvalue weighted by Gasteiger charge is -2.16. The summed E-state index contributed by atoms with van der Waals surface area (Å²) in [6, 6.07) is 12.2. The van der Waals surface area contributed by atoms with Gasteiger partial charge in [-0.1, -0.05) is 18.2 Å². The number of para-hydroxylation sites is 1. The Morgan fingerprint density at radius 1 is 1.18 bits per heavy atom. The molecule has 34 heavy (non-hydrogen) atoms. The second-order valence-electron chi connectivity index (χ2n) is 7.31. The fraction of sp³-hybridized carbons (Fsp3) is 0.208. The highest BCUT2D eigenvalue weighted by Gasteiger charge is 2.28. The number of hydrogen-bond acceptors (Lipinski definition) is 8. The van der Waals surface area contributed by atoms with Crippen LogP contribution in [0.5, 0.6) is 17.4 Å². The molecule has 2 aromatic carbocycles. The molecule has 1 heterocycles. The Balaban J connectivity index is 2.10. The maximum atomic E-state index is 13.3. The van der Waals surface area contributed by atoms with Gasteiger partial charge in [-0.3, -0.25) is 24.3 Å². The molecule has 0 bridgehead atoms. The van der Waals surface area contributed by atoms with Gasteiger partial charge in [0.2, 0.25) is 11.7 Å². The molecule has 0 aliphatic carbocycles. The number of nitrogens with zero attached hydrogens (tertiary/aromatic N) is 3. The van der Waals surface area contributed by atoms with Gasteiger partial charge in [0.05, 0.1) is 24.7 Å². The molecule has 0 spiro atoms. The van der Waals surface area contributed by atoms with Gasteiger partial charge < -0.3 is 14.6 Å². The normalized spacial score (nSPS) is 10.4. The van der Waals surface area contributed by atoms with E-state index in [2.05, 4.69) is 0 Å². The second-order valence-corrected chi connectivity index (χ2v) is 7.31. The van der Waals surface area contributed by atoms with E-state index >= 15 is 0 Å². The summed E-state index contributed by atoms with van der Waals surface area (Å²) in [7, 11) is 2.98. The lowest BCUT2D eigenvalue weighted by molar-refractivity contribution is -0.385. The second kappa shape index (κ2) is 9.87. The molecule has 0 fully saturated rings. The SMILES string of the molecule is COc1ccc(CCn2c(O)c(C(=O)c3ccccc3[N+](=O)[O-])c(C)c(C#N)c2=O)cc1OC. The van der Waals surface area contributed by atoms with Crippen molar-refractivity contribution in [3.63, 3.8) is 0 Å². The molecule has 174 valence electrons. The molecule has 0 saturated heterocycles. The van der Waals surface area contributed by atoms with Gasteiger partial charge in [0.25, 0.3) is 11.2 Å². The van der Waals surface area contributed by atoms with Crippen LogP contribution in [0.1, 0.15) is 32.6 Å². The van der Waals surface area contributed by atoms with Crippen molar-refractivity contribution in [2.75, 3.05) is 14.2 Å². The van der Waals surface area contributed by atoms with Gasteiger partial charge in [0, 0.05) is 12.6 Å². The van der Waals surface area contributed by atoms with E-state index in [0.717, 1.165) is 16.2 Å². The van der Waals surface area contributed by atoms with Crippen LogP contribution in [0.2, 0.25) is 0 Å². The highest BCUT2D eigenvalue weighted by atomic mass is 16.6. The molecule has 0 amide bonds. The minimum Gasteiger partial charge on any atom is -0.494 e. The van der Waals surface area contributed by atoms with Crippen LogP contribution >= 0.6 is 0 Å².